The minimum Gasteiger partial charge on any atom is -0.454 e. The van der Waals surface area contributed by atoms with E-state index in [0.717, 1.165) is 5.56 Å². The zero-order chi connectivity index (χ0) is 17.6. The van der Waals surface area contributed by atoms with E-state index in [-0.39, 0.29) is 23.3 Å². The van der Waals surface area contributed by atoms with Gasteiger partial charge in [-0.15, -0.1) is 5.10 Å². The first-order valence-corrected chi connectivity index (χ1v) is 7.68. The molecule has 2 heterocycles. The van der Waals surface area contributed by atoms with Gasteiger partial charge in [0.25, 0.3) is 5.69 Å². The molecule has 3 aromatic rings. The van der Waals surface area contributed by atoms with Crippen LogP contribution in [-0.2, 0) is 6.42 Å². The number of nitro benzene ring substituents is 1. The lowest BCUT2D eigenvalue weighted by Crippen LogP contribution is -2.02. The number of halogens is 1. The first-order chi connectivity index (χ1) is 12.0. The first-order valence-electron chi connectivity index (χ1n) is 7.31. The van der Waals surface area contributed by atoms with E-state index in [9.17, 15) is 10.1 Å². The van der Waals surface area contributed by atoms with Gasteiger partial charge in [0.15, 0.2) is 16.7 Å². The van der Waals surface area contributed by atoms with E-state index < -0.39 is 4.92 Å². The van der Waals surface area contributed by atoms with Gasteiger partial charge < -0.3 is 15.2 Å². The minimum atomic E-state index is -0.553. The molecule has 25 heavy (non-hydrogen) atoms. The normalized spacial score (nSPS) is 12.5. The van der Waals surface area contributed by atoms with Crippen LogP contribution in [0.15, 0.2) is 30.3 Å². The summed E-state index contributed by atoms with van der Waals surface area (Å²) in [5.74, 6) is 1.36. The van der Waals surface area contributed by atoms with E-state index in [0.29, 0.717) is 34.4 Å². The number of ether oxygens (including phenoxy) is 2. The molecule has 9 heteroatoms. The Morgan fingerprint density at radius 1 is 1.20 bits per heavy atom. The van der Waals surface area contributed by atoms with Gasteiger partial charge in [-0.3, -0.25) is 10.1 Å². The zero-order valence-corrected chi connectivity index (χ0v) is 13.5. The van der Waals surface area contributed by atoms with Gasteiger partial charge in [0.2, 0.25) is 6.79 Å². The molecule has 1 aliphatic rings. The number of nitrogens with zero attached hydrogens (tertiary/aromatic N) is 3. The van der Waals surface area contributed by atoms with Crippen molar-refractivity contribution in [3.63, 3.8) is 0 Å². The molecule has 0 radical (unpaired) electrons. The molecule has 0 amide bonds. The van der Waals surface area contributed by atoms with Crippen molar-refractivity contribution >= 4 is 33.7 Å². The second kappa shape index (κ2) is 5.75. The molecule has 4 rings (SSSR count). The molecule has 2 N–H and O–H groups in total. The van der Waals surface area contributed by atoms with Crippen LogP contribution in [0.3, 0.4) is 0 Å². The molecular formula is C16H11ClN4O4. The number of aromatic nitrogens is 2. The second-order valence-corrected chi connectivity index (χ2v) is 5.84. The number of nitrogen functional groups attached to an aromatic ring is 1. The molecule has 8 nitrogen and oxygen atoms in total. The quantitative estimate of drug-likeness (QED) is 0.434. The average Bonchev–Trinajstić information content (AvgIpc) is 3.05. The standard InChI is InChI=1S/C16H11ClN4O4/c17-16-14-9(2-3-11(15(14)18)21(22)23)10(19-20-16)5-8-1-4-12-13(6-8)25-7-24-12/h1-4,6H,5,7,18H2. The molecule has 2 aromatic carbocycles. The number of nitrogens with two attached hydrogens (primary N) is 1. The summed E-state index contributed by atoms with van der Waals surface area (Å²) < 4.78 is 10.7. The van der Waals surface area contributed by atoms with Crippen molar-refractivity contribution in [3.05, 3.63) is 56.9 Å². The van der Waals surface area contributed by atoms with E-state index >= 15 is 0 Å². The van der Waals surface area contributed by atoms with Crippen LogP contribution in [0.1, 0.15) is 11.3 Å². The molecule has 1 aromatic heterocycles. The highest BCUT2D eigenvalue weighted by atomic mass is 35.5. The number of nitro groups is 1. The largest absolute Gasteiger partial charge is 0.454 e. The third kappa shape index (κ3) is 2.56. The Labute approximate surface area is 146 Å². The maximum atomic E-state index is 11.1. The van der Waals surface area contributed by atoms with Crippen LogP contribution in [0.25, 0.3) is 10.8 Å². The molecular weight excluding hydrogens is 348 g/mol. The van der Waals surface area contributed by atoms with E-state index in [1.807, 2.05) is 18.2 Å². The van der Waals surface area contributed by atoms with E-state index in [1.54, 1.807) is 6.07 Å². The summed E-state index contributed by atoms with van der Waals surface area (Å²) in [7, 11) is 0. The van der Waals surface area contributed by atoms with Gasteiger partial charge in [-0.2, -0.15) is 5.10 Å². The van der Waals surface area contributed by atoms with Crippen LogP contribution >= 0.6 is 11.6 Å². The summed E-state index contributed by atoms with van der Waals surface area (Å²) in [6.45, 7) is 0.197. The third-order valence-electron chi connectivity index (χ3n) is 4.00. The lowest BCUT2D eigenvalue weighted by atomic mass is 10.0. The van der Waals surface area contributed by atoms with E-state index in [4.69, 9.17) is 26.8 Å². The Hall–Kier alpha value is -3.13. The van der Waals surface area contributed by atoms with Gasteiger partial charge in [-0.25, -0.2) is 0 Å². The van der Waals surface area contributed by atoms with Crippen molar-refractivity contribution in [1.82, 2.24) is 10.2 Å². The number of fused-ring (bicyclic) bond motifs is 2. The Balaban J connectivity index is 1.81. The Morgan fingerprint density at radius 2 is 2.00 bits per heavy atom. The Morgan fingerprint density at radius 3 is 2.80 bits per heavy atom. The van der Waals surface area contributed by atoms with E-state index in [1.165, 1.54) is 6.07 Å². The molecule has 0 saturated carbocycles. The molecule has 0 aliphatic carbocycles. The monoisotopic (exact) mass is 358 g/mol. The summed E-state index contributed by atoms with van der Waals surface area (Å²) >= 11 is 6.08. The lowest BCUT2D eigenvalue weighted by molar-refractivity contribution is -0.383. The number of anilines is 1. The molecule has 126 valence electrons. The minimum absolute atomic E-state index is 0.0191. The SMILES string of the molecule is Nc1c([N+](=O)[O-])ccc2c(Cc3ccc4c(c3)OCO4)nnc(Cl)c12. The van der Waals surface area contributed by atoms with Crippen molar-refractivity contribution in [3.8, 4) is 11.5 Å². The van der Waals surface area contributed by atoms with Crippen LogP contribution in [0.5, 0.6) is 11.5 Å². The number of benzene rings is 2. The third-order valence-corrected chi connectivity index (χ3v) is 4.27. The van der Waals surface area contributed by atoms with Gasteiger partial charge in [-0.05, 0) is 23.8 Å². The predicted molar refractivity (Wildman–Crippen MR) is 91.0 cm³/mol. The lowest BCUT2D eigenvalue weighted by Gasteiger charge is -2.09. The summed E-state index contributed by atoms with van der Waals surface area (Å²) in [4.78, 5) is 10.5. The van der Waals surface area contributed by atoms with Crippen molar-refractivity contribution < 1.29 is 14.4 Å². The smallest absolute Gasteiger partial charge is 0.292 e. The zero-order valence-electron chi connectivity index (χ0n) is 12.7. The van der Waals surface area contributed by atoms with Crippen LogP contribution in [-0.4, -0.2) is 21.9 Å². The van der Waals surface area contributed by atoms with Gasteiger partial charge in [0.1, 0.15) is 5.69 Å². The van der Waals surface area contributed by atoms with Crippen molar-refractivity contribution in [2.75, 3.05) is 12.5 Å². The summed E-state index contributed by atoms with van der Waals surface area (Å²) in [6, 6.07) is 8.51. The fourth-order valence-corrected chi connectivity index (χ4v) is 3.05. The molecule has 0 atom stereocenters. The van der Waals surface area contributed by atoms with Crippen molar-refractivity contribution in [1.29, 1.82) is 0 Å². The maximum absolute atomic E-state index is 11.1. The summed E-state index contributed by atoms with van der Waals surface area (Å²) in [5.41, 5.74) is 7.24. The summed E-state index contributed by atoms with van der Waals surface area (Å²) in [6.07, 6.45) is 0.439. The predicted octanol–water partition coefficient (Wildman–Crippen LogP) is 3.09. The molecule has 0 bridgehead atoms. The van der Waals surface area contributed by atoms with E-state index in [2.05, 4.69) is 10.2 Å². The topological polar surface area (TPSA) is 113 Å². The van der Waals surface area contributed by atoms with Crippen LogP contribution in [0.2, 0.25) is 5.15 Å². The number of hydrogen-bond acceptors (Lipinski definition) is 7. The van der Waals surface area contributed by atoms with Crippen molar-refractivity contribution in [2.45, 2.75) is 6.42 Å². The van der Waals surface area contributed by atoms with Crippen molar-refractivity contribution in [2.24, 2.45) is 0 Å². The van der Waals surface area contributed by atoms with Crippen LogP contribution in [0.4, 0.5) is 11.4 Å². The highest BCUT2D eigenvalue weighted by Gasteiger charge is 2.20. The Kier molecular flexibility index (Phi) is 3.54. The van der Waals surface area contributed by atoms with Gasteiger partial charge in [-0.1, -0.05) is 17.7 Å². The average molecular weight is 359 g/mol. The molecule has 1 aliphatic heterocycles. The number of rotatable bonds is 3. The number of hydrogen-bond donors (Lipinski definition) is 1. The van der Waals surface area contributed by atoms with Crippen LogP contribution < -0.4 is 15.2 Å². The first kappa shape index (κ1) is 15.4. The maximum Gasteiger partial charge on any atom is 0.292 e. The van der Waals surface area contributed by atoms with Gasteiger partial charge in [0.05, 0.1) is 16.0 Å². The second-order valence-electron chi connectivity index (χ2n) is 5.48. The molecule has 0 saturated heterocycles. The highest BCUT2D eigenvalue weighted by Crippen LogP contribution is 2.37. The van der Waals surface area contributed by atoms with Crippen LogP contribution in [0, 0.1) is 10.1 Å². The molecule has 0 fully saturated rings. The molecule has 0 unspecified atom stereocenters. The van der Waals surface area contributed by atoms with Gasteiger partial charge >= 0.3 is 0 Å². The fraction of sp³-hybridized carbons (Fsp3) is 0.125. The van der Waals surface area contributed by atoms with Gasteiger partial charge in [0, 0.05) is 17.9 Å². The molecule has 0 spiro atoms. The Bertz CT molecular complexity index is 1020. The fourth-order valence-electron chi connectivity index (χ4n) is 2.81. The highest BCUT2D eigenvalue weighted by molar-refractivity contribution is 6.35. The summed E-state index contributed by atoms with van der Waals surface area (Å²) in [5, 5.41) is 20.1.